The predicted molar refractivity (Wildman–Crippen MR) is 28.2 cm³/mol. The van der Waals surface area contributed by atoms with Gasteiger partial charge in [0.15, 0.2) is 0 Å². The summed E-state index contributed by atoms with van der Waals surface area (Å²) in [4.78, 5) is 11.6. The normalized spacial score (nSPS) is 8.78. The first kappa shape index (κ1) is 12.1. The summed E-state index contributed by atoms with van der Waals surface area (Å²) in [5.41, 5.74) is 0. The summed E-state index contributed by atoms with van der Waals surface area (Å²) >= 11 is 0. The molecule has 0 aliphatic carbocycles. The number of nitrogens with zero attached hydrogens (tertiary/aromatic N) is 1. The molecule has 0 spiro atoms. The van der Waals surface area contributed by atoms with Crippen molar-refractivity contribution < 1.29 is 39.5 Å². The van der Waals surface area contributed by atoms with Gasteiger partial charge in [-0.2, -0.15) is 0 Å². The van der Waals surface area contributed by atoms with Crippen LogP contribution >= 0.6 is 0 Å². The van der Waals surface area contributed by atoms with Crippen molar-refractivity contribution in [1.29, 1.82) is 0 Å². The molecular weight excluding hydrogens is 129 g/mol. The molecule has 0 saturated heterocycles. The SMILES string of the molecule is CN(C)CCC(=O)[O-].[Na+]. The van der Waals surface area contributed by atoms with Gasteiger partial charge in [0.05, 0.1) is 0 Å². The van der Waals surface area contributed by atoms with Crippen molar-refractivity contribution in [3.63, 3.8) is 0 Å². The van der Waals surface area contributed by atoms with Crippen molar-refractivity contribution in [3.05, 3.63) is 0 Å². The number of carbonyl (C=O) groups excluding carboxylic acids is 1. The molecule has 0 amide bonds. The van der Waals surface area contributed by atoms with Crippen LogP contribution in [0.2, 0.25) is 0 Å². The fourth-order valence-corrected chi connectivity index (χ4v) is 0.315. The Bertz CT molecular complexity index is 85.0. The summed E-state index contributed by atoms with van der Waals surface area (Å²) < 4.78 is 0. The molecule has 0 aromatic carbocycles. The average Bonchev–Trinajstić information content (AvgIpc) is 1.61. The van der Waals surface area contributed by atoms with E-state index in [0.29, 0.717) is 6.54 Å². The van der Waals surface area contributed by atoms with Gasteiger partial charge in [-0.15, -0.1) is 0 Å². The molecule has 3 nitrogen and oxygen atoms in total. The van der Waals surface area contributed by atoms with Crippen LogP contribution in [0, 0.1) is 0 Å². The van der Waals surface area contributed by atoms with E-state index in [1.165, 1.54) is 0 Å². The van der Waals surface area contributed by atoms with E-state index in [1.807, 2.05) is 14.1 Å². The molecule has 0 aliphatic rings. The summed E-state index contributed by atoms with van der Waals surface area (Å²) in [7, 11) is 3.64. The molecule has 0 heterocycles. The summed E-state index contributed by atoms with van der Waals surface area (Å²) in [5.74, 6) is -0.987. The Balaban J connectivity index is 0. The predicted octanol–water partition coefficient (Wildman–Crippen LogP) is -4.31. The van der Waals surface area contributed by atoms with E-state index in [0.717, 1.165) is 0 Å². The number of carboxylic acid groups (broad SMARTS) is 1. The summed E-state index contributed by atoms with van der Waals surface area (Å²) in [6.07, 6.45) is 0.118. The summed E-state index contributed by atoms with van der Waals surface area (Å²) in [6, 6.07) is 0. The zero-order valence-electron chi connectivity index (χ0n) is 6.18. The second-order valence-corrected chi connectivity index (χ2v) is 1.93. The van der Waals surface area contributed by atoms with Crippen LogP contribution in [-0.4, -0.2) is 31.5 Å². The van der Waals surface area contributed by atoms with Gasteiger partial charge < -0.3 is 14.8 Å². The largest absolute Gasteiger partial charge is 1.00 e. The number of carbonyl (C=O) groups is 1. The number of carboxylic acids is 1. The molecule has 0 rings (SSSR count). The van der Waals surface area contributed by atoms with Crippen LogP contribution in [0.25, 0.3) is 0 Å². The molecule has 4 heteroatoms. The Morgan fingerprint density at radius 1 is 1.56 bits per heavy atom. The number of rotatable bonds is 3. The molecule has 0 radical (unpaired) electrons. The maximum atomic E-state index is 9.77. The van der Waals surface area contributed by atoms with Crippen molar-refractivity contribution in [2.75, 3.05) is 20.6 Å². The van der Waals surface area contributed by atoms with Gasteiger partial charge in [0.2, 0.25) is 0 Å². The third kappa shape index (κ3) is 11.8. The molecule has 0 aromatic rings. The third-order valence-corrected chi connectivity index (χ3v) is 0.763. The maximum absolute atomic E-state index is 9.77. The smallest absolute Gasteiger partial charge is 0.550 e. The summed E-state index contributed by atoms with van der Waals surface area (Å²) in [6.45, 7) is 0.558. The van der Waals surface area contributed by atoms with Gasteiger partial charge in [-0.05, 0) is 20.5 Å². The van der Waals surface area contributed by atoms with Gasteiger partial charge in [-0.25, -0.2) is 0 Å². The Kier molecular flexibility index (Phi) is 8.83. The van der Waals surface area contributed by atoms with Crippen molar-refractivity contribution in [2.45, 2.75) is 6.42 Å². The second-order valence-electron chi connectivity index (χ2n) is 1.93. The molecule has 0 atom stereocenters. The van der Waals surface area contributed by atoms with Crippen molar-refractivity contribution in [3.8, 4) is 0 Å². The maximum Gasteiger partial charge on any atom is 1.00 e. The molecule has 0 bridgehead atoms. The Labute approximate surface area is 77.3 Å². The molecule has 0 saturated carbocycles. The molecule has 0 aliphatic heterocycles. The first-order valence-corrected chi connectivity index (χ1v) is 2.47. The van der Waals surface area contributed by atoms with Crippen molar-refractivity contribution in [2.24, 2.45) is 0 Å². The number of hydrogen-bond acceptors (Lipinski definition) is 3. The number of aliphatic carboxylic acids is 1. The van der Waals surface area contributed by atoms with Crippen molar-refractivity contribution in [1.82, 2.24) is 4.90 Å². The topological polar surface area (TPSA) is 43.4 Å². The van der Waals surface area contributed by atoms with Gasteiger partial charge in [0.1, 0.15) is 0 Å². The van der Waals surface area contributed by atoms with Crippen LogP contribution < -0.4 is 34.7 Å². The first-order valence-electron chi connectivity index (χ1n) is 2.47. The molecular formula is C5H10NNaO2. The molecule has 0 aromatic heterocycles. The fraction of sp³-hybridized carbons (Fsp3) is 0.800. The van der Waals surface area contributed by atoms with Crippen molar-refractivity contribution >= 4 is 5.97 Å². The Morgan fingerprint density at radius 2 is 2.00 bits per heavy atom. The van der Waals surface area contributed by atoms with E-state index in [9.17, 15) is 9.90 Å². The standard InChI is InChI=1S/C5H11NO2.Na/c1-6(2)4-3-5(7)8;/h3-4H2,1-2H3,(H,7,8);/q;+1/p-1. The minimum Gasteiger partial charge on any atom is -0.550 e. The first-order chi connectivity index (χ1) is 3.63. The van der Waals surface area contributed by atoms with Gasteiger partial charge in [0.25, 0.3) is 0 Å². The van der Waals surface area contributed by atoms with E-state index in [1.54, 1.807) is 4.90 Å². The third-order valence-electron chi connectivity index (χ3n) is 0.763. The van der Waals surface area contributed by atoms with E-state index in [2.05, 4.69) is 0 Å². The zero-order valence-corrected chi connectivity index (χ0v) is 8.18. The second kappa shape index (κ2) is 6.55. The zero-order chi connectivity index (χ0) is 6.57. The van der Waals surface area contributed by atoms with E-state index in [-0.39, 0.29) is 36.0 Å². The molecule has 0 N–H and O–H groups in total. The molecule has 0 fully saturated rings. The van der Waals surface area contributed by atoms with E-state index < -0.39 is 5.97 Å². The van der Waals surface area contributed by atoms with Crippen LogP contribution in [0.4, 0.5) is 0 Å². The quantitative estimate of drug-likeness (QED) is 0.371. The van der Waals surface area contributed by atoms with Gasteiger partial charge in [-0.3, -0.25) is 0 Å². The van der Waals surface area contributed by atoms with Crippen LogP contribution in [0.3, 0.4) is 0 Å². The van der Waals surface area contributed by atoms with Crippen LogP contribution in [0.15, 0.2) is 0 Å². The van der Waals surface area contributed by atoms with Gasteiger partial charge in [0, 0.05) is 12.5 Å². The fourth-order valence-electron chi connectivity index (χ4n) is 0.315. The monoisotopic (exact) mass is 139 g/mol. The summed E-state index contributed by atoms with van der Waals surface area (Å²) in [5, 5.41) is 9.77. The Morgan fingerprint density at radius 3 is 2.11 bits per heavy atom. The minimum absolute atomic E-state index is 0. The average molecular weight is 139 g/mol. The van der Waals surface area contributed by atoms with Crippen LogP contribution in [-0.2, 0) is 4.79 Å². The van der Waals surface area contributed by atoms with E-state index >= 15 is 0 Å². The van der Waals surface area contributed by atoms with Gasteiger partial charge >= 0.3 is 29.6 Å². The minimum atomic E-state index is -0.987. The van der Waals surface area contributed by atoms with Crippen LogP contribution in [0.5, 0.6) is 0 Å². The molecule has 9 heavy (non-hydrogen) atoms. The van der Waals surface area contributed by atoms with Crippen LogP contribution in [0.1, 0.15) is 6.42 Å². The molecule has 0 unspecified atom stereocenters. The van der Waals surface area contributed by atoms with Gasteiger partial charge in [-0.1, -0.05) is 0 Å². The number of hydrogen-bond donors (Lipinski definition) is 0. The Hall–Kier alpha value is 0.430. The van der Waals surface area contributed by atoms with E-state index in [4.69, 9.17) is 0 Å². The molecule has 48 valence electrons.